The number of Topliss-reactive ketones (excluding diaryl/α,β-unsaturated/α-hetero) is 1. The Morgan fingerprint density at radius 2 is 1.17 bits per heavy atom. The smallest absolute Gasteiger partial charge is 0.475 e. The molecule has 4 N–H and O–H groups in total. The third-order valence-electron chi connectivity index (χ3n) is 5.62. The number of halogens is 6. The van der Waals surface area contributed by atoms with Crippen molar-refractivity contribution in [2.75, 3.05) is 65.9 Å². The number of aliphatic carboxylic acids is 1. The summed E-state index contributed by atoms with van der Waals surface area (Å²) >= 11 is 9.93. The van der Waals surface area contributed by atoms with E-state index in [0.29, 0.717) is 33.0 Å². The number of nitrogens with one attached hydrogen (secondary N) is 1. The fraction of sp³-hybridized carbons (Fsp3) is 0.821. The Hall–Kier alpha value is -1.38. The quantitative estimate of drug-likeness (QED) is 0.0815. The number of carbonyl (C=O) groups excluding carboxylic acids is 4. The van der Waals surface area contributed by atoms with Crippen LogP contribution >= 0.6 is 47.8 Å². The first-order chi connectivity index (χ1) is 21.3. The normalized spacial score (nSPS) is 12.4. The van der Waals surface area contributed by atoms with Crippen molar-refractivity contribution in [2.45, 2.75) is 73.5 Å². The van der Waals surface area contributed by atoms with E-state index < -0.39 is 42.5 Å². The van der Waals surface area contributed by atoms with E-state index in [-0.39, 0.29) is 57.5 Å². The standard InChI is InChI=1S/C26H45Br3N2O9.C2HF3O2/c1-23(2,27)19(32)7-8-26(17-39-21(34)24(3,4)28,18-40-22(35)25(5,6)29)16-38-15-20(33)31-10-12-37-14-13-36-11-9-30;3-2(4,5)1(6)7/h7-18,30H2,1-6H3,(H,31,33);(H,6,7). The number of alkyl halides is 6. The predicted octanol–water partition coefficient (Wildman–Crippen LogP) is 3.69. The molecule has 0 aliphatic heterocycles. The van der Waals surface area contributed by atoms with Crippen LogP contribution in [0.5, 0.6) is 0 Å². The molecule has 0 saturated carbocycles. The van der Waals surface area contributed by atoms with Gasteiger partial charge in [-0.3, -0.25) is 19.2 Å². The van der Waals surface area contributed by atoms with Crippen LogP contribution < -0.4 is 11.1 Å². The highest BCUT2D eigenvalue weighted by Gasteiger charge is 2.40. The lowest BCUT2D eigenvalue weighted by Gasteiger charge is -2.34. The van der Waals surface area contributed by atoms with Gasteiger partial charge in [0.15, 0.2) is 0 Å². The first kappa shape index (κ1) is 47.7. The second-order valence-electron chi connectivity index (χ2n) is 11.7. The molecule has 0 aliphatic rings. The number of carboxylic acids is 1. The molecule has 0 aliphatic carbocycles. The number of hydrogen-bond donors (Lipinski definition) is 3. The van der Waals surface area contributed by atoms with Crippen LogP contribution in [0.15, 0.2) is 0 Å². The molecule has 0 heterocycles. The zero-order valence-corrected chi connectivity index (χ0v) is 32.1. The Morgan fingerprint density at radius 1 is 0.723 bits per heavy atom. The molecule has 1 amide bonds. The molecule has 0 rings (SSSR count). The molecular formula is C28H46Br3F3N2O11. The van der Waals surface area contributed by atoms with E-state index in [4.69, 9.17) is 39.3 Å². The summed E-state index contributed by atoms with van der Waals surface area (Å²) < 4.78 is 56.5. The fourth-order valence-corrected chi connectivity index (χ4v) is 3.30. The highest BCUT2D eigenvalue weighted by atomic mass is 79.9. The largest absolute Gasteiger partial charge is 0.490 e. The fourth-order valence-electron chi connectivity index (χ4n) is 2.88. The van der Waals surface area contributed by atoms with Crippen LogP contribution in [-0.2, 0) is 47.7 Å². The van der Waals surface area contributed by atoms with Gasteiger partial charge in [-0.15, -0.1) is 0 Å². The number of carboxylic acid groups (broad SMARTS) is 1. The van der Waals surface area contributed by atoms with Crippen LogP contribution in [0.4, 0.5) is 13.2 Å². The van der Waals surface area contributed by atoms with Crippen LogP contribution in [0.3, 0.4) is 0 Å². The van der Waals surface area contributed by atoms with Crippen molar-refractivity contribution in [3.63, 3.8) is 0 Å². The number of hydrogen-bond acceptors (Lipinski definition) is 11. The molecule has 0 bridgehead atoms. The van der Waals surface area contributed by atoms with Gasteiger partial charge in [0, 0.05) is 19.5 Å². The van der Waals surface area contributed by atoms with Gasteiger partial charge in [-0.2, -0.15) is 13.2 Å². The lowest BCUT2D eigenvalue weighted by molar-refractivity contribution is -0.192. The van der Waals surface area contributed by atoms with E-state index in [2.05, 4.69) is 53.1 Å². The molecule has 0 unspecified atom stereocenters. The number of ketones is 1. The van der Waals surface area contributed by atoms with Crippen molar-refractivity contribution < 1.29 is 65.9 Å². The van der Waals surface area contributed by atoms with Gasteiger partial charge in [0.25, 0.3) is 0 Å². The van der Waals surface area contributed by atoms with Crippen molar-refractivity contribution in [1.82, 2.24) is 5.32 Å². The summed E-state index contributed by atoms with van der Waals surface area (Å²) in [5, 5.41) is 9.81. The van der Waals surface area contributed by atoms with E-state index >= 15 is 0 Å². The van der Waals surface area contributed by atoms with E-state index in [0.717, 1.165) is 0 Å². The minimum atomic E-state index is -5.08. The monoisotopic (exact) mass is 880 g/mol. The number of amides is 1. The van der Waals surface area contributed by atoms with Gasteiger partial charge >= 0.3 is 24.1 Å². The van der Waals surface area contributed by atoms with E-state index in [1.165, 1.54) is 0 Å². The average Bonchev–Trinajstić information content (AvgIpc) is 2.92. The Labute approximate surface area is 298 Å². The summed E-state index contributed by atoms with van der Waals surface area (Å²) in [7, 11) is 0. The van der Waals surface area contributed by atoms with Gasteiger partial charge in [0.05, 0.1) is 42.8 Å². The summed E-state index contributed by atoms with van der Waals surface area (Å²) in [6.45, 7) is 11.5. The lowest BCUT2D eigenvalue weighted by atomic mass is 9.83. The molecule has 0 aromatic rings. The van der Waals surface area contributed by atoms with Gasteiger partial charge in [-0.1, -0.05) is 47.8 Å². The molecule has 19 heteroatoms. The van der Waals surface area contributed by atoms with Crippen molar-refractivity contribution >= 4 is 77.4 Å². The lowest BCUT2D eigenvalue weighted by Crippen LogP contribution is -2.43. The van der Waals surface area contributed by atoms with Crippen LogP contribution in [0.2, 0.25) is 0 Å². The minimum absolute atomic E-state index is 0.0879. The molecule has 0 aromatic heterocycles. The number of esters is 2. The van der Waals surface area contributed by atoms with Gasteiger partial charge < -0.3 is 39.8 Å². The average molecular weight is 883 g/mol. The molecule has 0 saturated heterocycles. The molecule has 0 radical (unpaired) electrons. The second kappa shape index (κ2) is 22.4. The first-order valence-electron chi connectivity index (χ1n) is 14.2. The summed E-state index contributed by atoms with van der Waals surface area (Å²) in [5.41, 5.74) is 4.25. The number of carbonyl (C=O) groups is 5. The molecule has 276 valence electrons. The highest BCUT2D eigenvalue weighted by Crippen LogP contribution is 2.32. The topological polar surface area (TPSA) is 190 Å². The molecule has 13 nitrogen and oxygen atoms in total. The first-order valence-corrected chi connectivity index (χ1v) is 16.6. The van der Waals surface area contributed by atoms with Gasteiger partial charge in [0.2, 0.25) is 5.91 Å². The maximum atomic E-state index is 12.7. The molecular weight excluding hydrogens is 837 g/mol. The van der Waals surface area contributed by atoms with Gasteiger partial charge in [-0.05, 0) is 48.0 Å². The minimum Gasteiger partial charge on any atom is -0.475 e. The van der Waals surface area contributed by atoms with Crippen LogP contribution in [-0.4, -0.2) is 120 Å². The zero-order valence-electron chi connectivity index (χ0n) is 27.4. The van der Waals surface area contributed by atoms with Gasteiger partial charge in [-0.25, -0.2) is 4.79 Å². The maximum absolute atomic E-state index is 12.7. The van der Waals surface area contributed by atoms with Crippen LogP contribution in [0, 0.1) is 5.41 Å². The number of nitrogens with two attached hydrogens (primary N) is 1. The molecule has 0 spiro atoms. The Morgan fingerprint density at radius 3 is 1.55 bits per heavy atom. The second-order valence-corrected chi connectivity index (χ2v) is 17.6. The molecule has 0 atom stereocenters. The van der Waals surface area contributed by atoms with E-state index in [1.807, 2.05) is 0 Å². The Kier molecular flexibility index (Phi) is 22.7. The SMILES string of the molecule is CC(C)(Br)C(=O)CCC(COCC(=O)NCCOCCOCCN)(COC(=O)C(C)(C)Br)COC(=O)C(C)(C)Br.O=C(O)C(F)(F)F. The molecule has 0 aromatic carbocycles. The van der Waals surface area contributed by atoms with Crippen molar-refractivity contribution in [1.29, 1.82) is 0 Å². The van der Waals surface area contributed by atoms with E-state index in [9.17, 15) is 32.3 Å². The Balaban J connectivity index is 0. The maximum Gasteiger partial charge on any atom is 0.490 e. The van der Waals surface area contributed by atoms with Crippen LogP contribution in [0.25, 0.3) is 0 Å². The zero-order chi connectivity index (χ0) is 37.1. The van der Waals surface area contributed by atoms with Crippen molar-refractivity contribution in [2.24, 2.45) is 11.1 Å². The third kappa shape index (κ3) is 24.4. The third-order valence-corrected chi connectivity index (χ3v) is 6.71. The van der Waals surface area contributed by atoms with Crippen molar-refractivity contribution in [3.8, 4) is 0 Å². The number of ether oxygens (including phenoxy) is 5. The summed E-state index contributed by atoms with van der Waals surface area (Å²) in [6.07, 6.45) is -4.82. The van der Waals surface area contributed by atoms with E-state index in [1.54, 1.807) is 41.5 Å². The van der Waals surface area contributed by atoms with Crippen LogP contribution in [0.1, 0.15) is 54.4 Å². The number of rotatable bonds is 22. The molecule has 47 heavy (non-hydrogen) atoms. The summed E-state index contributed by atoms with van der Waals surface area (Å²) in [5.74, 6) is -4.31. The predicted molar refractivity (Wildman–Crippen MR) is 176 cm³/mol. The summed E-state index contributed by atoms with van der Waals surface area (Å²) in [6, 6.07) is 0. The highest BCUT2D eigenvalue weighted by molar-refractivity contribution is 9.10. The van der Waals surface area contributed by atoms with Crippen molar-refractivity contribution in [3.05, 3.63) is 0 Å². The van der Waals surface area contributed by atoms with Gasteiger partial charge in [0.1, 0.15) is 34.3 Å². The molecule has 0 fully saturated rings. The Bertz CT molecular complexity index is 923. The summed E-state index contributed by atoms with van der Waals surface area (Å²) in [4.78, 5) is 59.0.